The van der Waals surface area contributed by atoms with Crippen molar-refractivity contribution in [1.29, 1.82) is 0 Å². The zero-order valence-corrected chi connectivity index (χ0v) is 9.34. The van der Waals surface area contributed by atoms with Gasteiger partial charge in [-0.3, -0.25) is 4.90 Å². The highest BCUT2D eigenvalue weighted by Crippen LogP contribution is 2.36. The van der Waals surface area contributed by atoms with Crippen LogP contribution in [0, 0.1) is 5.41 Å². The maximum atomic E-state index is 9.75. The molecule has 0 aromatic rings. The number of hydrogen-bond donors (Lipinski definition) is 2. The van der Waals surface area contributed by atoms with Crippen LogP contribution in [0.15, 0.2) is 0 Å². The third-order valence-corrected chi connectivity index (χ3v) is 3.46. The Kier molecular flexibility index (Phi) is 2.58. The number of nitrogens with zero attached hydrogens (tertiary/aromatic N) is 1. The van der Waals surface area contributed by atoms with Gasteiger partial charge in [-0.1, -0.05) is 0 Å². The van der Waals surface area contributed by atoms with Crippen molar-refractivity contribution in [2.24, 2.45) is 5.41 Å². The van der Waals surface area contributed by atoms with Crippen molar-refractivity contribution in [3.05, 3.63) is 0 Å². The smallest absolute Gasteiger partial charge is 0.0718 e. The van der Waals surface area contributed by atoms with Gasteiger partial charge in [-0.2, -0.15) is 0 Å². The molecule has 0 aromatic heterocycles. The van der Waals surface area contributed by atoms with E-state index in [9.17, 15) is 5.11 Å². The number of aliphatic hydroxyl groups is 1. The molecule has 2 aliphatic rings. The Bertz CT molecular complexity index is 204. The zero-order chi connectivity index (χ0) is 10.2. The average Bonchev–Trinajstić information content (AvgIpc) is 2.60. The molecular weight excluding hydrogens is 176 g/mol. The molecule has 1 unspecified atom stereocenters. The molecule has 2 rings (SSSR count). The molecule has 2 aliphatic heterocycles. The minimum atomic E-state index is -0.544. The molecule has 2 heterocycles. The molecule has 3 nitrogen and oxygen atoms in total. The molecule has 3 heteroatoms. The van der Waals surface area contributed by atoms with Crippen molar-refractivity contribution in [3.8, 4) is 0 Å². The van der Waals surface area contributed by atoms with Crippen molar-refractivity contribution in [1.82, 2.24) is 10.2 Å². The second-order valence-corrected chi connectivity index (χ2v) is 5.70. The van der Waals surface area contributed by atoms with Crippen LogP contribution in [0.2, 0.25) is 0 Å². The molecule has 2 N–H and O–H groups in total. The van der Waals surface area contributed by atoms with Gasteiger partial charge < -0.3 is 10.4 Å². The first-order valence-corrected chi connectivity index (χ1v) is 5.65. The maximum absolute atomic E-state index is 9.75. The molecule has 0 radical (unpaired) electrons. The van der Waals surface area contributed by atoms with Crippen LogP contribution in [-0.2, 0) is 0 Å². The number of nitrogens with one attached hydrogen (secondary N) is 1. The lowest BCUT2D eigenvalue weighted by molar-refractivity contribution is 0.0407. The van der Waals surface area contributed by atoms with E-state index in [0.717, 1.165) is 13.1 Å². The van der Waals surface area contributed by atoms with E-state index in [-0.39, 0.29) is 0 Å². The Morgan fingerprint density at radius 2 is 2.21 bits per heavy atom. The van der Waals surface area contributed by atoms with E-state index in [1.807, 2.05) is 13.8 Å². The number of likely N-dealkylation sites (tertiary alicyclic amines) is 1. The van der Waals surface area contributed by atoms with Crippen LogP contribution in [-0.4, -0.2) is 48.3 Å². The van der Waals surface area contributed by atoms with Crippen molar-refractivity contribution in [2.45, 2.75) is 32.3 Å². The SMILES string of the molecule is CC(C)(O)CN1CCC2(CCNC2)C1. The Morgan fingerprint density at radius 3 is 2.79 bits per heavy atom. The highest BCUT2D eigenvalue weighted by Gasteiger charge is 2.40. The molecule has 82 valence electrons. The van der Waals surface area contributed by atoms with Crippen LogP contribution in [0.5, 0.6) is 0 Å². The summed E-state index contributed by atoms with van der Waals surface area (Å²) in [6.07, 6.45) is 2.62. The Hall–Kier alpha value is -0.120. The zero-order valence-electron chi connectivity index (χ0n) is 9.34. The summed E-state index contributed by atoms with van der Waals surface area (Å²) in [5.74, 6) is 0. The molecule has 0 aliphatic carbocycles. The predicted octanol–water partition coefficient (Wildman–Crippen LogP) is 0.443. The van der Waals surface area contributed by atoms with Gasteiger partial charge >= 0.3 is 0 Å². The van der Waals surface area contributed by atoms with E-state index in [1.165, 1.54) is 32.5 Å². The highest BCUT2D eigenvalue weighted by molar-refractivity contribution is 4.96. The Morgan fingerprint density at radius 1 is 1.43 bits per heavy atom. The number of rotatable bonds is 2. The van der Waals surface area contributed by atoms with Gasteiger partial charge in [0.2, 0.25) is 0 Å². The largest absolute Gasteiger partial charge is 0.389 e. The van der Waals surface area contributed by atoms with E-state index in [1.54, 1.807) is 0 Å². The minimum Gasteiger partial charge on any atom is -0.389 e. The quantitative estimate of drug-likeness (QED) is 0.676. The summed E-state index contributed by atoms with van der Waals surface area (Å²) < 4.78 is 0. The number of β-amino-alcohol motifs (C(OH)–C–C–N with tert-alkyl or cyclic N) is 1. The van der Waals surface area contributed by atoms with Crippen molar-refractivity contribution < 1.29 is 5.11 Å². The van der Waals surface area contributed by atoms with Gasteiger partial charge in [-0.05, 0) is 45.2 Å². The topological polar surface area (TPSA) is 35.5 Å². The van der Waals surface area contributed by atoms with Gasteiger partial charge in [0.05, 0.1) is 5.60 Å². The van der Waals surface area contributed by atoms with Gasteiger partial charge in [0.15, 0.2) is 0 Å². The molecular formula is C11H22N2O. The van der Waals surface area contributed by atoms with E-state index in [2.05, 4.69) is 10.2 Å². The monoisotopic (exact) mass is 198 g/mol. The summed E-state index contributed by atoms with van der Waals surface area (Å²) in [7, 11) is 0. The number of hydrogen-bond acceptors (Lipinski definition) is 3. The lowest BCUT2D eigenvalue weighted by Crippen LogP contribution is -2.39. The molecule has 0 saturated carbocycles. The van der Waals surface area contributed by atoms with Gasteiger partial charge in [-0.15, -0.1) is 0 Å². The molecule has 1 atom stereocenters. The summed E-state index contributed by atoms with van der Waals surface area (Å²) in [5, 5.41) is 13.2. The van der Waals surface area contributed by atoms with Crippen LogP contribution in [0.25, 0.3) is 0 Å². The molecule has 2 fully saturated rings. The first-order valence-electron chi connectivity index (χ1n) is 5.65. The van der Waals surface area contributed by atoms with Gasteiger partial charge in [-0.25, -0.2) is 0 Å². The average molecular weight is 198 g/mol. The first kappa shape index (κ1) is 10.4. The normalized spacial score (nSPS) is 34.5. The van der Waals surface area contributed by atoms with E-state index >= 15 is 0 Å². The van der Waals surface area contributed by atoms with E-state index in [0.29, 0.717) is 5.41 Å². The molecule has 0 bridgehead atoms. The van der Waals surface area contributed by atoms with Crippen molar-refractivity contribution in [2.75, 3.05) is 32.7 Å². The lowest BCUT2D eigenvalue weighted by Gasteiger charge is -2.27. The standard InChI is InChI=1S/C11H22N2O/c1-10(2,14)8-13-6-4-11(9-13)3-5-12-7-11/h12,14H,3-9H2,1-2H3. The summed E-state index contributed by atoms with van der Waals surface area (Å²) in [4.78, 5) is 2.41. The maximum Gasteiger partial charge on any atom is 0.0718 e. The van der Waals surface area contributed by atoms with Crippen LogP contribution >= 0.6 is 0 Å². The minimum absolute atomic E-state index is 0.533. The second kappa shape index (κ2) is 3.47. The predicted molar refractivity (Wildman–Crippen MR) is 57.3 cm³/mol. The fourth-order valence-corrected chi connectivity index (χ4v) is 2.85. The lowest BCUT2D eigenvalue weighted by atomic mass is 9.86. The van der Waals surface area contributed by atoms with Crippen LogP contribution < -0.4 is 5.32 Å². The van der Waals surface area contributed by atoms with Crippen LogP contribution in [0.1, 0.15) is 26.7 Å². The molecule has 0 amide bonds. The molecule has 2 saturated heterocycles. The first-order chi connectivity index (χ1) is 6.49. The third-order valence-electron chi connectivity index (χ3n) is 3.46. The molecule has 14 heavy (non-hydrogen) atoms. The van der Waals surface area contributed by atoms with Crippen LogP contribution in [0.3, 0.4) is 0 Å². The van der Waals surface area contributed by atoms with Crippen molar-refractivity contribution in [3.63, 3.8) is 0 Å². The van der Waals surface area contributed by atoms with Gasteiger partial charge in [0.1, 0.15) is 0 Å². The summed E-state index contributed by atoms with van der Waals surface area (Å²) >= 11 is 0. The fourth-order valence-electron chi connectivity index (χ4n) is 2.85. The Labute approximate surface area is 86.5 Å². The Balaban J connectivity index is 1.88. The van der Waals surface area contributed by atoms with E-state index in [4.69, 9.17) is 0 Å². The van der Waals surface area contributed by atoms with Gasteiger partial charge in [0, 0.05) is 19.6 Å². The molecule has 0 aromatic carbocycles. The highest BCUT2D eigenvalue weighted by atomic mass is 16.3. The third kappa shape index (κ3) is 2.27. The summed E-state index contributed by atoms with van der Waals surface area (Å²) in [5.41, 5.74) is -0.0111. The fraction of sp³-hybridized carbons (Fsp3) is 1.00. The molecule has 1 spiro atoms. The van der Waals surface area contributed by atoms with Gasteiger partial charge in [0.25, 0.3) is 0 Å². The second-order valence-electron chi connectivity index (χ2n) is 5.70. The van der Waals surface area contributed by atoms with E-state index < -0.39 is 5.60 Å². The summed E-state index contributed by atoms with van der Waals surface area (Å²) in [6, 6.07) is 0. The van der Waals surface area contributed by atoms with Crippen LogP contribution in [0.4, 0.5) is 0 Å². The van der Waals surface area contributed by atoms with Crippen molar-refractivity contribution >= 4 is 0 Å². The summed E-state index contributed by atoms with van der Waals surface area (Å²) in [6.45, 7) is 9.28.